The molecule has 0 amide bonds. The molecule has 0 fully saturated rings. The van der Waals surface area contributed by atoms with Crippen LogP contribution in [0, 0.1) is 0 Å². The molecule has 0 saturated carbocycles. The molecule has 0 aliphatic heterocycles. The first-order valence-electron chi connectivity index (χ1n) is 5.51. The van der Waals surface area contributed by atoms with Crippen molar-refractivity contribution in [1.82, 2.24) is 4.98 Å². The molecule has 4 nitrogen and oxygen atoms in total. The van der Waals surface area contributed by atoms with E-state index >= 15 is 0 Å². The highest BCUT2D eigenvalue weighted by atomic mass is 16.5. The van der Waals surface area contributed by atoms with Crippen LogP contribution in [0.15, 0.2) is 30.5 Å². The second-order valence-electron chi connectivity index (χ2n) is 3.94. The van der Waals surface area contributed by atoms with Gasteiger partial charge in [-0.1, -0.05) is 12.1 Å². The number of para-hydroxylation sites is 1. The Morgan fingerprint density at radius 1 is 1.35 bits per heavy atom. The van der Waals surface area contributed by atoms with Gasteiger partial charge in [0.25, 0.3) is 0 Å². The summed E-state index contributed by atoms with van der Waals surface area (Å²) in [4.78, 5) is 4.26. The zero-order valence-corrected chi connectivity index (χ0v) is 10.0. The molecule has 0 bridgehead atoms. The summed E-state index contributed by atoms with van der Waals surface area (Å²) in [6, 6.07) is 7.77. The summed E-state index contributed by atoms with van der Waals surface area (Å²) in [6.07, 6.45) is 1.57. The van der Waals surface area contributed by atoms with Gasteiger partial charge < -0.3 is 15.2 Å². The lowest BCUT2D eigenvalue weighted by molar-refractivity contribution is 0.0935. The van der Waals surface area contributed by atoms with Crippen molar-refractivity contribution >= 4 is 16.6 Å². The molecule has 0 aliphatic carbocycles. The van der Waals surface area contributed by atoms with Gasteiger partial charge >= 0.3 is 0 Å². The fourth-order valence-electron chi connectivity index (χ4n) is 1.73. The van der Waals surface area contributed by atoms with E-state index in [4.69, 9.17) is 15.2 Å². The Morgan fingerprint density at radius 2 is 2.12 bits per heavy atom. The predicted molar refractivity (Wildman–Crippen MR) is 68.1 cm³/mol. The van der Waals surface area contributed by atoms with Crippen LogP contribution in [0.25, 0.3) is 10.9 Å². The first kappa shape index (κ1) is 11.7. The molecule has 2 rings (SSSR count). The molecule has 0 radical (unpaired) electrons. The minimum Gasteiger partial charge on any atom is -0.485 e. The number of methoxy groups -OCH3 is 1. The van der Waals surface area contributed by atoms with Crippen LogP contribution in [-0.2, 0) is 4.74 Å². The number of aromatic nitrogens is 1. The van der Waals surface area contributed by atoms with Crippen LogP contribution in [0.1, 0.15) is 6.92 Å². The minimum atomic E-state index is -0.0480. The number of anilines is 1. The third-order valence-corrected chi connectivity index (χ3v) is 2.47. The third-order valence-electron chi connectivity index (χ3n) is 2.47. The van der Waals surface area contributed by atoms with Gasteiger partial charge in [0.2, 0.25) is 0 Å². The van der Waals surface area contributed by atoms with Crippen molar-refractivity contribution in [3.05, 3.63) is 30.5 Å². The van der Waals surface area contributed by atoms with Gasteiger partial charge in [0.1, 0.15) is 6.10 Å². The molecule has 1 unspecified atom stereocenters. The van der Waals surface area contributed by atoms with Crippen molar-refractivity contribution in [2.75, 3.05) is 19.5 Å². The van der Waals surface area contributed by atoms with Gasteiger partial charge in [0, 0.05) is 12.5 Å². The number of ether oxygens (including phenoxy) is 2. The van der Waals surface area contributed by atoms with E-state index in [-0.39, 0.29) is 6.10 Å². The summed E-state index contributed by atoms with van der Waals surface area (Å²) in [5, 5.41) is 0.926. The Kier molecular flexibility index (Phi) is 3.44. The van der Waals surface area contributed by atoms with Crippen LogP contribution in [-0.4, -0.2) is 24.8 Å². The fourth-order valence-corrected chi connectivity index (χ4v) is 1.73. The molecular weight excluding hydrogens is 216 g/mol. The maximum Gasteiger partial charge on any atom is 0.153 e. The predicted octanol–water partition coefficient (Wildman–Crippen LogP) is 2.23. The second-order valence-corrected chi connectivity index (χ2v) is 3.94. The van der Waals surface area contributed by atoms with E-state index in [0.717, 1.165) is 10.9 Å². The summed E-state index contributed by atoms with van der Waals surface area (Å²) < 4.78 is 10.9. The molecular formula is C13H16N2O2. The van der Waals surface area contributed by atoms with Gasteiger partial charge in [-0.3, -0.25) is 4.98 Å². The highest BCUT2D eigenvalue weighted by Gasteiger charge is 2.11. The van der Waals surface area contributed by atoms with Crippen LogP contribution < -0.4 is 10.5 Å². The van der Waals surface area contributed by atoms with Crippen LogP contribution in [0.5, 0.6) is 5.75 Å². The van der Waals surface area contributed by atoms with Gasteiger partial charge in [-0.2, -0.15) is 0 Å². The minimum absolute atomic E-state index is 0.0480. The third kappa shape index (κ3) is 2.47. The summed E-state index contributed by atoms with van der Waals surface area (Å²) in [5.41, 5.74) is 7.33. The van der Waals surface area contributed by atoms with E-state index in [1.54, 1.807) is 13.3 Å². The zero-order valence-electron chi connectivity index (χ0n) is 10.0. The smallest absolute Gasteiger partial charge is 0.153 e. The van der Waals surface area contributed by atoms with Gasteiger partial charge in [0.05, 0.1) is 24.0 Å². The first-order chi connectivity index (χ1) is 8.22. The lowest BCUT2D eigenvalue weighted by atomic mass is 10.2. The molecule has 4 heteroatoms. The molecule has 2 N–H and O–H groups in total. The molecule has 1 aromatic carbocycles. The molecule has 0 aliphatic rings. The zero-order chi connectivity index (χ0) is 12.3. The quantitative estimate of drug-likeness (QED) is 0.878. The maximum atomic E-state index is 5.90. The Morgan fingerprint density at radius 3 is 2.88 bits per heavy atom. The summed E-state index contributed by atoms with van der Waals surface area (Å²) in [6.45, 7) is 2.47. The molecule has 1 heterocycles. The van der Waals surface area contributed by atoms with E-state index in [0.29, 0.717) is 18.0 Å². The fraction of sp³-hybridized carbons (Fsp3) is 0.308. The highest BCUT2D eigenvalue weighted by Crippen LogP contribution is 2.30. The molecule has 90 valence electrons. The summed E-state index contributed by atoms with van der Waals surface area (Å²) in [7, 11) is 1.65. The summed E-state index contributed by atoms with van der Waals surface area (Å²) >= 11 is 0. The Labute approximate surface area is 100 Å². The standard InChI is InChI=1S/C13H16N2O2/c1-9(8-16-2)17-13-10-5-3-4-6-12(10)15-7-11(13)14/h3-7,9H,8,14H2,1-2H3. The van der Waals surface area contributed by atoms with Crippen molar-refractivity contribution in [2.24, 2.45) is 0 Å². The number of nitrogens with two attached hydrogens (primary N) is 1. The van der Waals surface area contributed by atoms with Crippen LogP contribution in [0.2, 0.25) is 0 Å². The van der Waals surface area contributed by atoms with Crippen molar-refractivity contribution in [1.29, 1.82) is 0 Å². The lowest BCUT2D eigenvalue weighted by Gasteiger charge is -2.16. The van der Waals surface area contributed by atoms with Crippen LogP contribution >= 0.6 is 0 Å². The number of benzene rings is 1. The molecule has 2 aromatic rings. The number of nitrogens with zero attached hydrogens (tertiary/aromatic N) is 1. The van der Waals surface area contributed by atoms with Crippen molar-refractivity contribution in [2.45, 2.75) is 13.0 Å². The number of fused-ring (bicyclic) bond motifs is 1. The highest BCUT2D eigenvalue weighted by molar-refractivity contribution is 5.89. The van der Waals surface area contributed by atoms with Gasteiger partial charge in [-0.25, -0.2) is 0 Å². The van der Waals surface area contributed by atoms with Gasteiger partial charge in [-0.05, 0) is 19.1 Å². The number of hydrogen-bond acceptors (Lipinski definition) is 4. The second kappa shape index (κ2) is 5.01. The van der Waals surface area contributed by atoms with E-state index in [1.165, 1.54) is 0 Å². The van der Waals surface area contributed by atoms with Crippen molar-refractivity contribution in [3.63, 3.8) is 0 Å². The largest absolute Gasteiger partial charge is 0.485 e. The van der Waals surface area contributed by atoms with Gasteiger partial charge in [-0.15, -0.1) is 0 Å². The Hall–Kier alpha value is -1.81. The number of pyridine rings is 1. The molecule has 1 atom stereocenters. The topological polar surface area (TPSA) is 57.4 Å². The molecule has 0 spiro atoms. The Bertz CT molecular complexity index is 514. The van der Waals surface area contributed by atoms with Crippen molar-refractivity contribution in [3.8, 4) is 5.75 Å². The average molecular weight is 232 g/mol. The number of hydrogen-bond donors (Lipinski definition) is 1. The maximum absolute atomic E-state index is 5.90. The van der Waals surface area contributed by atoms with Gasteiger partial charge in [0.15, 0.2) is 5.75 Å². The number of rotatable bonds is 4. The lowest BCUT2D eigenvalue weighted by Crippen LogP contribution is -2.18. The molecule has 17 heavy (non-hydrogen) atoms. The Balaban J connectivity index is 2.40. The number of nitrogen functional groups attached to an aromatic ring is 1. The van der Waals surface area contributed by atoms with E-state index in [1.807, 2.05) is 31.2 Å². The van der Waals surface area contributed by atoms with Crippen molar-refractivity contribution < 1.29 is 9.47 Å². The SMILES string of the molecule is COCC(C)Oc1c(N)cnc2ccccc12. The average Bonchev–Trinajstić information content (AvgIpc) is 2.33. The molecule has 0 saturated heterocycles. The normalized spacial score (nSPS) is 12.6. The van der Waals surface area contributed by atoms with E-state index in [2.05, 4.69) is 4.98 Å². The van der Waals surface area contributed by atoms with E-state index < -0.39 is 0 Å². The monoisotopic (exact) mass is 232 g/mol. The van der Waals surface area contributed by atoms with Crippen LogP contribution in [0.4, 0.5) is 5.69 Å². The summed E-state index contributed by atoms with van der Waals surface area (Å²) in [5.74, 6) is 0.681. The van der Waals surface area contributed by atoms with Crippen LogP contribution in [0.3, 0.4) is 0 Å². The van der Waals surface area contributed by atoms with E-state index in [9.17, 15) is 0 Å². The first-order valence-corrected chi connectivity index (χ1v) is 5.51. The molecule has 1 aromatic heterocycles.